The molecule has 3 aromatic rings. The number of rotatable bonds is 7. The summed E-state index contributed by atoms with van der Waals surface area (Å²) < 4.78 is 33.3. The zero-order valence-corrected chi connectivity index (χ0v) is 18.0. The molecule has 0 N–H and O–H groups in total. The van der Waals surface area contributed by atoms with Crippen LogP contribution in [0.3, 0.4) is 0 Å². The van der Waals surface area contributed by atoms with E-state index in [-0.39, 0.29) is 42.3 Å². The largest absolute Gasteiger partial charge is 2.00 e. The fraction of sp³-hybridized carbons (Fsp3) is 0.350. The van der Waals surface area contributed by atoms with Crippen molar-refractivity contribution in [1.29, 1.82) is 0 Å². The Kier molecular flexibility index (Phi) is 7.32. The summed E-state index contributed by atoms with van der Waals surface area (Å²) >= 11 is 0. The zero-order valence-electron chi connectivity index (χ0n) is 13.8. The van der Waals surface area contributed by atoms with Crippen molar-refractivity contribution >= 4 is 21.9 Å². The van der Waals surface area contributed by atoms with Gasteiger partial charge in [-0.3, -0.25) is 0 Å². The summed E-state index contributed by atoms with van der Waals surface area (Å²) in [4.78, 5) is 0. The third kappa shape index (κ3) is 4.21. The van der Waals surface area contributed by atoms with Crippen LogP contribution in [0, 0.1) is 55.2 Å². The second-order valence-electron chi connectivity index (χ2n) is 5.89. The van der Waals surface area contributed by atoms with Crippen LogP contribution in [0.15, 0.2) is 28.7 Å². The van der Waals surface area contributed by atoms with Crippen LogP contribution in [-0.2, 0) is 6.42 Å². The van der Waals surface area contributed by atoms with Gasteiger partial charge in [-0.25, -0.2) is 8.78 Å². The maximum atomic E-state index is 14.2. The summed E-state index contributed by atoms with van der Waals surface area (Å²) in [5, 5.41) is 1.23. The third-order valence-corrected chi connectivity index (χ3v) is 4.12. The SMILES string of the molecule is CCCCC[CH-]CCc1[c-]c(F)c2oc3c(F)cccc3c2c1.[U+2]. The number of hydrogen-bond acceptors (Lipinski definition) is 1. The number of fused-ring (bicyclic) bond motifs is 3. The topological polar surface area (TPSA) is 13.1 Å². The molecule has 0 aliphatic carbocycles. The summed E-state index contributed by atoms with van der Waals surface area (Å²) in [7, 11) is 0. The molecule has 1 aromatic heterocycles. The van der Waals surface area contributed by atoms with E-state index in [1.807, 2.05) is 6.07 Å². The van der Waals surface area contributed by atoms with Gasteiger partial charge in [0.25, 0.3) is 0 Å². The first-order valence-corrected chi connectivity index (χ1v) is 8.23. The monoisotopic (exact) mass is 552 g/mol. The van der Waals surface area contributed by atoms with Gasteiger partial charge >= 0.3 is 31.1 Å². The van der Waals surface area contributed by atoms with Crippen molar-refractivity contribution in [1.82, 2.24) is 0 Å². The molecule has 4 heteroatoms. The van der Waals surface area contributed by atoms with E-state index in [1.165, 1.54) is 25.3 Å². The smallest absolute Gasteiger partial charge is 0.510 e. The van der Waals surface area contributed by atoms with Crippen molar-refractivity contribution in [2.75, 3.05) is 0 Å². The molecule has 0 atom stereocenters. The van der Waals surface area contributed by atoms with Gasteiger partial charge in [0.05, 0.1) is 11.4 Å². The van der Waals surface area contributed by atoms with Gasteiger partial charge in [0.1, 0.15) is 0 Å². The van der Waals surface area contributed by atoms with Crippen LogP contribution in [0.2, 0.25) is 0 Å². The molecular weight excluding hydrogens is 532 g/mol. The molecule has 0 bridgehead atoms. The van der Waals surface area contributed by atoms with E-state index in [1.54, 1.807) is 12.1 Å². The molecule has 24 heavy (non-hydrogen) atoms. The van der Waals surface area contributed by atoms with Crippen LogP contribution < -0.4 is 0 Å². The Morgan fingerprint density at radius 3 is 2.71 bits per heavy atom. The third-order valence-electron chi connectivity index (χ3n) is 4.12. The molecule has 0 spiro atoms. The van der Waals surface area contributed by atoms with E-state index in [0.717, 1.165) is 24.8 Å². The van der Waals surface area contributed by atoms with Crippen LogP contribution in [0.1, 0.15) is 44.6 Å². The first-order chi connectivity index (χ1) is 11.2. The second-order valence-corrected chi connectivity index (χ2v) is 5.89. The molecular formula is C20H20F2OU. The van der Waals surface area contributed by atoms with E-state index in [9.17, 15) is 8.78 Å². The molecule has 0 aliphatic heterocycles. The molecule has 124 valence electrons. The van der Waals surface area contributed by atoms with Gasteiger partial charge in [-0.2, -0.15) is 24.5 Å². The van der Waals surface area contributed by atoms with Crippen molar-refractivity contribution < 1.29 is 44.3 Å². The normalized spacial score (nSPS) is 11.1. The predicted molar refractivity (Wildman–Crippen MR) is 89.2 cm³/mol. The van der Waals surface area contributed by atoms with E-state index in [0.29, 0.717) is 10.8 Å². The number of halogens is 2. The van der Waals surface area contributed by atoms with Crippen LogP contribution in [0.25, 0.3) is 21.9 Å². The molecule has 0 radical (unpaired) electrons. The van der Waals surface area contributed by atoms with Gasteiger partial charge in [-0.1, -0.05) is 50.1 Å². The molecule has 1 heterocycles. The summed E-state index contributed by atoms with van der Waals surface area (Å²) in [5.74, 6) is -1.01. The Morgan fingerprint density at radius 1 is 1.08 bits per heavy atom. The minimum absolute atomic E-state index is 0. The van der Waals surface area contributed by atoms with Gasteiger partial charge in [-0.15, -0.1) is 6.07 Å². The number of benzene rings is 2. The Hall–Kier alpha value is -0.848. The number of furan rings is 1. The molecule has 1 nitrogen and oxygen atoms in total. The van der Waals surface area contributed by atoms with Crippen molar-refractivity contribution in [3.05, 3.63) is 54.0 Å². The number of aryl methyl sites for hydroxylation is 1. The van der Waals surface area contributed by atoms with E-state index in [4.69, 9.17) is 4.42 Å². The van der Waals surface area contributed by atoms with Crippen LogP contribution in [0.4, 0.5) is 8.78 Å². The fourth-order valence-electron chi connectivity index (χ4n) is 2.89. The van der Waals surface area contributed by atoms with Gasteiger partial charge in [0, 0.05) is 5.39 Å². The van der Waals surface area contributed by atoms with E-state index in [2.05, 4.69) is 19.4 Å². The first-order valence-electron chi connectivity index (χ1n) is 8.23. The Balaban J connectivity index is 0.00000208. The average Bonchev–Trinajstić information content (AvgIpc) is 2.92. The molecule has 2 aromatic carbocycles. The van der Waals surface area contributed by atoms with Crippen molar-refractivity contribution in [2.24, 2.45) is 0 Å². The Bertz CT molecular complexity index is 810. The minimum atomic E-state index is -0.543. The number of unbranched alkanes of at least 4 members (excludes halogenated alkanes) is 5. The molecule has 0 unspecified atom stereocenters. The van der Waals surface area contributed by atoms with Crippen LogP contribution >= 0.6 is 0 Å². The molecule has 0 saturated heterocycles. The molecule has 0 aliphatic rings. The van der Waals surface area contributed by atoms with Crippen LogP contribution in [0.5, 0.6) is 0 Å². The maximum Gasteiger partial charge on any atom is 2.00 e. The van der Waals surface area contributed by atoms with Gasteiger partial charge in [0.2, 0.25) is 0 Å². The Morgan fingerprint density at radius 2 is 1.92 bits per heavy atom. The standard InChI is InChI=1S/C20H20F2O.U/c1-2-3-4-5-6-7-9-14-12-16-15-10-8-11-17(21)19(15)23-20(16)18(22)13-14;/h6,8,10-12H,2-5,7,9H2,1H3;/q-2;+2. The van der Waals surface area contributed by atoms with Gasteiger partial charge in [0.15, 0.2) is 11.4 Å². The average molecular weight is 552 g/mol. The van der Waals surface area contributed by atoms with E-state index < -0.39 is 11.6 Å². The summed E-state index contributed by atoms with van der Waals surface area (Å²) in [6, 6.07) is 9.28. The minimum Gasteiger partial charge on any atom is -0.510 e. The zero-order chi connectivity index (χ0) is 16.2. The number of hydrogen-bond donors (Lipinski definition) is 0. The summed E-state index contributed by atoms with van der Waals surface area (Å²) in [5.41, 5.74) is 0.993. The summed E-state index contributed by atoms with van der Waals surface area (Å²) in [6.45, 7) is 2.19. The maximum absolute atomic E-state index is 14.2. The van der Waals surface area contributed by atoms with Gasteiger partial charge in [-0.05, 0) is 6.07 Å². The second kappa shape index (κ2) is 9.02. The van der Waals surface area contributed by atoms with Crippen LogP contribution in [-0.4, -0.2) is 0 Å². The Labute approximate surface area is 165 Å². The molecule has 0 fully saturated rings. The fourth-order valence-corrected chi connectivity index (χ4v) is 2.89. The molecule has 3 rings (SSSR count). The van der Waals surface area contributed by atoms with Gasteiger partial charge < -0.3 is 10.8 Å². The quantitative estimate of drug-likeness (QED) is 0.245. The summed E-state index contributed by atoms with van der Waals surface area (Å²) in [6.07, 6.45) is 8.65. The molecule has 0 amide bonds. The van der Waals surface area contributed by atoms with Crippen molar-refractivity contribution in [3.63, 3.8) is 0 Å². The predicted octanol–water partition coefficient (Wildman–Crippen LogP) is 6.38. The van der Waals surface area contributed by atoms with Crippen molar-refractivity contribution in [2.45, 2.75) is 45.4 Å². The van der Waals surface area contributed by atoms with Crippen molar-refractivity contribution in [3.8, 4) is 0 Å². The molecule has 0 saturated carbocycles. The van der Waals surface area contributed by atoms with E-state index >= 15 is 0 Å². The first kappa shape index (κ1) is 19.5. The number of para-hydroxylation sites is 1.